The molecule has 0 spiro atoms. The number of aliphatic carboxylic acids is 1. The number of guanidine groups is 1. The van der Waals surface area contributed by atoms with Gasteiger partial charge in [0, 0.05) is 99.2 Å². The van der Waals surface area contributed by atoms with Crippen LogP contribution in [0.4, 0.5) is 0 Å². The molecule has 3 heterocycles. The number of fused-ring (bicyclic) bond motifs is 1. The van der Waals surface area contributed by atoms with E-state index in [0.717, 1.165) is 21.6 Å². The number of phenols is 1. The van der Waals surface area contributed by atoms with Crippen LogP contribution in [0.5, 0.6) is 5.75 Å². The van der Waals surface area contributed by atoms with Gasteiger partial charge in [0.15, 0.2) is 5.96 Å². The van der Waals surface area contributed by atoms with Crippen molar-refractivity contribution in [2.24, 2.45) is 28.9 Å². The summed E-state index contributed by atoms with van der Waals surface area (Å²) in [5.41, 5.74) is 24.9. The lowest BCUT2D eigenvalue weighted by Gasteiger charge is -2.30. The van der Waals surface area contributed by atoms with Gasteiger partial charge in [0.05, 0.1) is 11.6 Å². The number of aromatic hydroxyl groups is 1. The number of aromatic amines is 1. The van der Waals surface area contributed by atoms with Gasteiger partial charge in [-0.1, -0.05) is 83.0 Å². The Morgan fingerprint density at radius 3 is 1.97 bits per heavy atom. The Labute approximate surface area is 630 Å². The van der Waals surface area contributed by atoms with Crippen LogP contribution >= 0.6 is 21.6 Å². The Balaban J connectivity index is 1.29. The summed E-state index contributed by atoms with van der Waals surface area (Å²) in [6.07, 6.45) is 0.443. The Bertz CT molecular complexity index is 3960. The third-order valence-electron chi connectivity index (χ3n) is 18.5. The molecule has 108 heavy (non-hydrogen) atoms. The Hall–Kier alpha value is -11.0. The molecule has 4 aromatic rings. The smallest absolute Gasteiger partial charge is 0.303 e. The summed E-state index contributed by atoms with van der Waals surface area (Å²) in [5.74, 6) is -15.1. The number of nitrogens with two attached hydrogens (primary N) is 4. The summed E-state index contributed by atoms with van der Waals surface area (Å²) in [5, 5.41) is 67.7. The number of nitrogens with one attached hydrogen (secondary N) is 13. The van der Waals surface area contributed by atoms with Gasteiger partial charge in [-0.25, -0.2) is 0 Å². The molecular formula is C71H95N19O16S2. The molecule has 11 atom stereocenters. The molecule has 7 rings (SSSR count). The maximum absolute atomic E-state index is 15.3. The molecule has 2 saturated heterocycles. The number of carboxylic acid groups (broad SMARTS) is 1. The van der Waals surface area contributed by atoms with Crippen LogP contribution in [0.1, 0.15) is 119 Å². The van der Waals surface area contributed by atoms with E-state index >= 15 is 19.2 Å². The minimum atomic E-state index is -1.75. The van der Waals surface area contributed by atoms with Crippen molar-refractivity contribution in [2.45, 2.75) is 183 Å². The van der Waals surface area contributed by atoms with E-state index in [2.05, 4.69) is 69.5 Å². The highest BCUT2D eigenvalue weighted by Crippen LogP contribution is 2.30. The van der Waals surface area contributed by atoms with Crippen molar-refractivity contribution >= 4 is 121 Å². The van der Waals surface area contributed by atoms with E-state index in [1.165, 1.54) is 35.2 Å². The number of para-hydroxylation sites is 1. The zero-order valence-electron chi connectivity index (χ0n) is 59.6. The summed E-state index contributed by atoms with van der Waals surface area (Å²) in [4.78, 5) is 203. The zero-order valence-corrected chi connectivity index (χ0v) is 61.3. The molecule has 3 aromatic carbocycles. The molecule has 2 aliphatic heterocycles. The number of carbonyl (C=O) groups excluding carboxylic acids is 13. The van der Waals surface area contributed by atoms with Crippen molar-refractivity contribution in [3.63, 3.8) is 0 Å². The molecule has 582 valence electrons. The summed E-state index contributed by atoms with van der Waals surface area (Å²) >= 11 is 0. The number of primary amides is 2. The molecule has 3 aliphatic rings. The molecule has 37 heteroatoms. The van der Waals surface area contributed by atoms with Crippen molar-refractivity contribution in [1.29, 1.82) is 10.7 Å². The monoisotopic (exact) mass is 1530 g/mol. The fraction of sp³-hybridized carbons (Fsp3) is 0.493. The molecule has 23 N–H and O–H groups in total. The summed E-state index contributed by atoms with van der Waals surface area (Å²) in [7, 11) is 1.72. The summed E-state index contributed by atoms with van der Waals surface area (Å²) < 4.78 is 0. The van der Waals surface area contributed by atoms with E-state index in [9.17, 15) is 63.4 Å². The number of H-pyrrole nitrogens is 1. The summed E-state index contributed by atoms with van der Waals surface area (Å²) in [6.45, 7) is 1.45. The number of hydrogen-bond donors (Lipinski definition) is 19. The van der Waals surface area contributed by atoms with Crippen molar-refractivity contribution < 1.29 is 77.3 Å². The second-order valence-electron chi connectivity index (χ2n) is 26.8. The number of benzene rings is 3. The Morgan fingerprint density at radius 1 is 0.694 bits per heavy atom. The summed E-state index contributed by atoms with van der Waals surface area (Å²) in [6, 6.07) is 5.11. The first kappa shape index (κ1) is 84.3. The molecule has 13 amide bonds. The third-order valence-corrected chi connectivity index (χ3v) is 20.9. The third kappa shape index (κ3) is 26.2. The second-order valence-corrected chi connectivity index (χ2v) is 29.4. The van der Waals surface area contributed by atoms with Crippen LogP contribution in [0.3, 0.4) is 0 Å². The van der Waals surface area contributed by atoms with Gasteiger partial charge in [0.2, 0.25) is 76.8 Å². The number of carbonyl (C=O) groups is 14. The first-order valence-electron chi connectivity index (χ1n) is 35.5. The fourth-order valence-corrected chi connectivity index (χ4v) is 15.1. The van der Waals surface area contributed by atoms with E-state index in [4.69, 9.17) is 28.3 Å². The Morgan fingerprint density at radius 2 is 1.31 bits per heavy atom. The SMILES string of the molecule is C[C@H](N)CC(=O)N1CCC[C@H]1C(=O)N[C@@H](Cc1ccc(O)cc1)C(=O)N[C@H]1CSSC[C@H](C(N)=O)NC(=O)[C@H](CCC(=O)O)NC(=O)[C@H](Cc2c[nH]c3ccccc23)NC(=O)[C@H](CCC(N)=O)NC(=O)CCNC(=O)[C@H](CCCNC(=N)N)NC(=O)[C@H](Cc2ccccc2C#N)NC(=O)[C@H](C2CCCC2)NC1=O. The minimum Gasteiger partial charge on any atom is -0.508 e. The van der Waals surface area contributed by atoms with Gasteiger partial charge in [-0.15, -0.1) is 0 Å². The maximum Gasteiger partial charge on any atom is 0.303 e. The van der Waals surface area contributed by atoms with Crippen LogP contribution in [-0.2, 0) is 86.4 Å². The van der Waals surface area contributed by atoms with Crippen LogP contribution in [0, 0.1) is 22.7 Å². The number of phenolic OH excluding ortho intramolecular Hbond substituents is 1. The zero-order chi connectivity index (χ0) is 78.6. The Kier molecular flexibility index (Phi) is 32.6. The highest BCUT2D eigenvalue weighted by molar-refractivity contribution is 8.76. The second kappa shape index (κ2) is 41.8. The molecule has 1 saturated carbocycles. The van der Waals surface area contributed by atoms with E-state index in [0.29, 0.717) is 54.1 Å². The van der Waals surface area contributed by atoms with Crippen LogP contribution in [0.2, 0.25) is 0 Å². The lowest BCUT2D eigenvalue weighted by molar-refractivity contribution is -0.140. The topological polar surface area (TPSA) is 583 Å². The number of nitriles is 1. The van der Waals surface area contributed by atoms with Gasteiger partial charge in [0.25, 0.3) is 0 Å². The molecule has 35 nitrogen and oxygen atoms in total. The van der Waals surface area contributed by atoms with Crippen molar-refractivity contribution in [1.82, 2.24) is 68.4 Å². The highest BCUT2D eigenvalue weighted by Gasteiger charge is 2.41. The van der Waals surface area contributed by atoms with Crippen molar-refractivity contribution in [3.05, 3.63) is 101 Å². The predicted molar refractivity (Wildman–Crippen MR) is 397 cm³/mol. The number of likely N-dealkylation sites (tertiary alicyclic amines) is 1. The largest absolute Gasteiger partial charge is 0.508 e. The number of nitrogens with zero attached hydrogens (tertiary/aromatic N) is 2. The first-order chi connectivity index (χ1) is 51.6. The predicted octanol–water partition coefficient (Wildman–Crippen LogP) is -2.17. The van der Waals surface area contributed by atoms with E-state index in [1.54, 1.807) is 55.6 Å². The molecule has 3 fully saturated rings. The van der Waals surface area contributed by atoms with Gasteiger partial charge >= 0.3 is 5.97 Å². The van der Waals surface area contributed by atoms with E-state index < -0.39 is 205 Å². The fourth-order valence-electron chi connectivity index (χ4n) is 12.8. The van der Waals surface area contributed by atoms with Crippen LogP contribution in [-0.4, -0.2) is 206 Å². The number of carboxylic acids is 1. The molecule has 1 aliphatic carbocycles. The number of hydrogen-bond acceptors (Lipinski definition) is 20. The van der Waals surface area contributed by atoms with Crippen LogP contribution < -0.4 is 81.4 Å². The average molecular weight is 1530 g/mol. The standard InChI is InChI=1S/C71H95N19O16S2/c1-38(73)30-58(94)90-29-9-17-55(90)69(105)85-50(31-39-18-20-44(91)21-19-39)65(101)88-54-37-108-107-36-53(61(75)97)87-64(100)49(23-25-59(95)96)83-67(103)52(33-43-35-80-46-15-7-6-14-45(43)46)84-63(99)48(22-24-56(74)92)81-57(93)26-28-78-62(98)47(16-8-27-79-71(76)77)82-66(102)51(32-41-12-4-5-13-42(41)34-72)86-70(106)60(89-68(54)104)40-10-2-3-11-40/h4-7,12-15,18-21,35,38,40,47-55,60,80,91H,2-3,8-11,16-17,22-33,36-37,73H2,1H3,(H2,74,92)(H2,75,97)(H,78,98)(H,81,93)(H,82,102)(H,83,103)(H,84,99)(H,85,105)(H,86,106)(H,87,100)(H,88,101)(H,89,104)(H,95,96)(H4,76,77,79)/t38-,47-,48-,49-,50-,51-,52-,53+,54-,55-,60-/m0/s1. The maximum atomic E-state index is 15.3. The molecular weight excluding hydrogens is 1440 g/mol. The van der Waals surface area contributed by atoms with Gasteiger partial charge in [-0.3, -0.25) is 72.5 Å². The number of amides is 13. The quantitative estimate of drug-likeness (QED) is 0.0154. The highest BCUT2D eigenvalue weighted by atomic mass is 33.1. The minimum absolute atomic E-state index is 0.0340. The molecule has 1 aromatic heterocycles. The van der Waals surface area contributed by atoms with E-state index in [1.807, 2.05) is 0 Å². The first-order valence-corrected chi connectivity index (χ1v) is 38.0. The van der Waals surface area contributed by atoms with Gasteiger partial charge < -0.3 is 102 Å². The van der Waals surface area contributed by atoms with Gasteiger partial charge in [0.1, 0.15) is 66.2 Å². The van der Waals surface area contributed by atoms with Crippen LogP contribution in [0.25, 0.3) is 10.9 Å². The lowest BCUT2D eigenvalue weighted by Crippen LogP contribution is -2.61. The van der Waals surface area contributed by atoms with Crippen molar-refractivity contribution in [2.75, 3.05) is 31.1 Å². The van der Waals surface area contributed by atoms with Crippen LogP contribution in [0.15, 0.2) is 79.0 Å². The van der Waals surface area contributed by atoms with Crippen molar-refractivity contribution in [3.8, 4) is 11.8 Å². The molecule has 0 unspecified atom stereocenters. The van der Waals surface area contributed by atoms with Gasteiger partial charge in [-0.2, -0.15) is 5.26 Å². The number of aromatic nitrogens is 1. The normalized spacial score (nSPS) is 22.9. The van der Waals surface area contributed by atoms with Gasteiger partial charge in [-0.05, 0) is 105 Å². The lowest BCUT2D eigenvalue weighted by atomic mass is 9.95. The van der Waals surface area contributed by atoms with E-state index in [-0.39, 0.29) is 80.8 Å². The molecule has 0 radical (unpaired) electrons. The number of rotatable bonds is 24. The molecule has 0 bridgehead atoms. The average Bonchev–Trinajstić information content (AvgIpc) is 1.62.